The molecule has 160 valence electrons. The summed E-state index contributed by atoms with van der Waals surface area (Å²) < 4.78 is 15.4. The summed E-state index contributed by atoms with van der Waals surface area (Å²) in [4.78, 5) is 13.7. The molecule has 1 saturated heterocycles. The second-order valence-corrected chi connectivity index (χ2v) is 9.26. The molecule has 31 heavy (non-hydrogen) atoms. The molecule has 6 heteroatoms. The Hall–Kier alpha value is -2.96. The van der Waals surface area contributed by atoms with Crippen LogP contribution in [0.15, 0.2) is 89.8 Å². The number of hydrogen-bond acceptors (Lipinski definition) is 3. The van der Waals surface area contributed by atoms with Crippen molar-refractivity contribution in [2.75, 3.05) is 12.3 Å². The summed E-state index contributed by atoms with van der Waals surface area (Å²) in [5.41, 5.74) is 8.57. The van der Waals surface area contributed by atoms with E-state index in [0.717, 1.165) is 28.9 Å². The van der Waals surface area contributed by atoms with Crippen LogP contribution in [0.3, 0.4) is 0 Å². The van der Waals surface area contributed by atoms with Crippen LogP contribution in [0.2, 0.25) is 0 Å². The molecular weight excluding hydrogens is 406 g/mol. The standard InChI is InChI=1S/C25H27N3O2S/c26-22-14-11-19(12-15-22)17-27-25(29)21-13-16-24(20-7-3-1-4-8-20)28(18-21)31(30)23-9-5-2-6-10-23/h1-12,14-15,21,24H,13,16-18,26H2,(H,27,29)/t21-,24-,31?/m1/s1. The minimum atomic E-state index is -1.34. The number of rotatable bonds is 6. The molecule has 0 aliphatic carbocycles. The molecule has 3 aromatic carbocycles. The lowest BCUT2D eigenvalue weighted by Crippen LogP contribution is -2.45. The lowest BCUT2D eigenvalue weighted by molar-refractivity contribution is -0.126. The molecule has 0 saturated carbocycles. The molecule has 0 spiro atoms. The van der Waals surface area contributed by atoms with Gasteiger partial charge in [0.2, 0.25) is 5.91 Å². The molecule has 0 radical (unpaired) electrons. The van der Waals surface area contributed by atoms with E-state index in [1.807, 2.05) is 77.1 Å². The van der Waals surface area contributed by atoms with Crippen LogP contribution in [0.1, 0.15) is 30.0 Å². The Bertz CT molecular complexity index is 1030. The lowest BCUT2D eigenvalue weighted by atomic mass is 9.90. The fraction of sp³-hybridized carbons (Fsp3) is 0.240. The van der Waals surface area contributed by atoms with Gasteiger partial charge in [0.05, 0.1) is 10.8 Å². The number of carbonyl (C=O) groups excluding carboxylic acids is 1. The predicted molar refractivity (Wildman–Crippen MR) is 124 cm³/mol. The van der Waals surface area contributed by atoms with Crippen molar-refractivity contribution in [3.63, 3.8) is 0 Å². The quantitative estimate of drug-likeness (QED) is 0.576. The fourth-order valence-electron chi connectivity index (χ4n) is 3.99. The number of benzene rings is 3. The second-order valence-electron chi connectivity index (χ2n) is 7.82. The Kier molecular flexibility index (Phi) is 6.79. The van der Waals surface area contributed by atoms with E-state index in [1.54, 1.807) is 0 Å². The highest BCUT2D eigenvalue weighted by Crippen LogP contribution is 2.36. The first kappa shape index (κ1) is 21.3. The van der Waals surface area contributed by atoms with Crippen LogP contribution in [0, 0.1) is 5.92 Å². The van der Waals surface area contributed by atoms with Gasteiger partial charge in [0.1, 0.15) is 11.0 Å². The molecule has 1 unspecified atom stereocenters. The monoisotopic (exact) mass is 433 g/mol. The fourth-order valence-corrected chi connectivity index (χ4v) is 5.42. The molecule has 0 bridgehead atoms. The number of nitrogens with two attached hydrogens (primary N) is 1. The molecular formula is C25H27N3O2S. The van der Waals surface area contributed by atoms with Crippen molar-refractivity contribution >= 4 is 22.6 Å². The minimum absolute atomic E-state index is 0.00148. The van der Waals surface area contributed by atoms with Crippen LogP contribution in [0.4, 0.5) is 5.69 Å². The van der Waals surface area contributed by atoms with Crippen molar-refractivity contribution in [1.29, 1.82) is 0 Å². The summed E-state index contributed by atoms with van der Waals surface area (Å²) in [5, 5.41) is 3.04. The van der Waals surface area contributed by atoms with Crippen LogP contribution in [0.25, 0.3) is 0 Å². The Balaban J connectivity index is 1.49. The number of amides is 1. The molecule has 3 N–H and O–H groups in total. The van der Waals surface area contributed by atoms with Gasteiger partial charge in [-0.2, -0.15) is 0 Å². The summed E-state index contributed by atoms with van der Waals surface area (Å²) in [6.45, 7) is 0.911. The normalized spacial score (nSPS) is 20.1. The average molecular weight is 434 g/mol. The van der Waals surface area contributed by atoms with Gasteiger partial charge < -0.3 is 11.1 Å². The van der Waals surface area contributed by atoms with E-state index in [0.29, 0.717) is 18.8 Å². The molecule has 1 aliphatic heterocycles. The van der Waals surface area contributed by atoms with Crippen LogP contribution in [-0.2, 0) is 22.3 Å². The van der Waals surface area contributed by atoms with Gasteiger partial charge in [-0.3, -0.25) is 4.79 Å². The van der Waals surface area contributed by atoms with Crippen LogP contribution >= 0.6 is 0 Å². The summed E-state index contributed by atoms with van der Waals surface area (Å²) >= 11 is 0. The number of piperidine rings is 1. The summed E-state index contributed by atoms with van der Waals surface area (Å²) in [6.07, 6.45) is 1.54. The Morgan fingerprint density at radius 3 is 2.26 bits per heavy atom. The summed E-state index contributed by atoms with van der Waals surface area (Å²) in [6, 6.07) is 27.1. The van der Waals surface area contributed by atoms with Gasteiger partial charge in [-0.15, -0.1) is 0 Å². The Labute approximate surface area is 185 Å². The van der Waals surface area contributed by atoms with Gasteiger partial charge in [0.25, 0.3) is 0 Å². The third-order valence-electron chi connectivity index (χ3n) is 5.70. The maximum absolute atomic E-state index is 13.5. The van der Waals surface area contributed by atoms with Crippen molar-refractivity contribution in [1.82, 2.24) is 9.62 Å². The number of nitrogens with one attached hydrogen (secondary N) is 1. The molecule has 1 amide bonds. The van der Waals surface area contributed by atoms with Crippen LogP contribution in [0.5, 0.6) is 0 Å². The smallest absolute Gasteiger partial charge is 0.224 e. The third-order valence-corrected chi connectivity index (χ3v) is 7.20. The van der Waals surface area contributed by atoms with E-state index in [-0.39, 0.29) is 17.9 Å². The number of nitrogens with zero attached hydrogens (tertiary/aromatic N) is 1. The number of anilines is 1. The van der Waals surface area contributed by atoms with Gasteiger partial charge in [0.15, 0.2) is 0 Å². The zero-order valence-corrected chi connectivity index (χ0v) is 18.1. The first-order valence-electron chi connectivity index (χ1n) is 10.5. The SMILES string of the molecule is Nc1ccc(CNC(=O)[C@@H]2CC[C@H](c3ccccc3)N(S(=O)c3ccccc3)C2)cc1. The largest absolute Gasteiger partial charge is 0.399 e. The minimum Gasteiger partial charge on any atom is -0.399 e. The van der Waals surface area contributed by atoms with Crippen molar-refractivity contribution in [3.05, 3.63) is 96.1 Å². The molecule has 3 aromatic rings. The van der Waals surface area contributed by atoms with E-state index in [2.05, 4.69) is 17.4 Å². The Morgan fingerprint density at radius 2 is 1.58 bits per heavy atom. The summed E-state index contributed by atoms with van der Waals surface area (Å²) in [7, 11) is -1.34. The number of nitrogen functional groups attached to an aromatic ring is 1. The van der Waals surface area contributed by atoms with Gasteiger partial charge in [-0.1, -0.05) is 60.7 Å². The van der Waals surface area contributed by atoms with E-state index in [9.17, 15) is 9.00 Å². The van der Waals surface area contributed by atoms with Crippen molar-refractivity contribution in [2.24, 2.45) is 5.92 Å². The zero-order chi connectivity index (χ0) is 21.6. The van der Waals surface area contributed by atoms with Crippen LogP contribution in [-0.4, -0.2) is 21.0 Å². The molecule has 3 atom stereocenters. The molecule has 4 rings (SSSR count). The maximum Gasteiger partial charge on any atom is 0.224 e. The first-order valence-corrected chi connectivity index (χ1v) is 11.6. The summed E-state index contributed by atoms with van der Waals surface area (Å²) in [5.74, 6) is -0.209. The average Bonchev–Trinajstić information content (AvgIpc) is 2.84. The molecule has 1 fully saturated rings. The van der Waals surface area contributed by atoms with E-state index in [4.69, 9.17) is 5.73 Å². The van der Waals surface area contributed by atoms with Crippen molar-refractivity contribution in [2.45, 2.75) is 30.3 Å². The molecule has 1 aliphatic rings. The van der Waals surface area contributed by atoms with E-state index in [1.165, 1.54) is 0 Å². The zero-order valence-electron chi connectivity index (χ0n) is 17.3. The lowest BCUT2D eigenvalue weighted by Gasteiger charge is -2.38. The predicted octanol–water partition coefficient (Wildman–Crippen LogP) is 4.06. The molecule has 5 nitrogen and oxygen atoms in total. The maximum atomic E-state index is 13.5. The number of carbonyl (C=O) groups is 1. The van der Waals surface area contributed by atoms with E-state index >= 15 is 0 Å². The molecule has 1 heterocycles. The number of hydrogen-bond donors (Lipinski definition) is 2. The van der Waals surface area contributed by atoms with Gasteiger partial charge >= 0.3 is 0 Å². The van der Waals surface area contributed by atoms with Gasteiger partial charge in [0, 0.05) is 24.8 Å². The van der Waals surface area contributed by atoms with Crippen molar-refractivity contribution in [3.8, 4) is 0 Å². The highest BCUT2D eigenvalue weighted by atomic mass is 32.2. The van der Waals surface area contributed by atoms with Crippen LogP contribution < -0.4 is 11.1 Å². The molecule has 0 aromatic heterocycles. The van der Waals surface area contributed by atoms with E-state index < -0.39 is 11.0 Å². The second kappa shape index (κ2) is 9.90. The van der Waals surface area contributed by atoms with Gasteiger partial charge in [-0.05, 0) is 48.2 Å². The third kappa shape index (κ3) is 5.21. The highest BCUT2D eigenvalue weighted by Gasteiger charge is 2.36. The Morgan fingerprint density at radius 1 is 0.935 bits per heavy atom. The van der Waals surface area contributed by atoms with Crippen molar-refractivity contribution < 1.29 is 9.00 Å². The topological polar surface area (TPSA) is 75.4 Å². The first-order chi connectivity index (χ1) is 15.1. The van der Waals surface area contributed by atoms with Gasteiger partial charge in [-0.25, -0.2) is 8.51 Å². The highest BCUT2D eigenvalue weighted by molar-refractivity contribution is 7.82.